The van der Waals surface area contributed by atoms with Gasteiger partial charge in [-0.2, -0.15) is 5.10 Å². The Labute approximate surface area is 174 Å². The van der Waals surface area contributed by atoms with Crippen molar-refractivity contribution in [3.8, 4) is 0 Å². The molecule has 1 aromatic rings. The average Bonchev–Trinajstić information content (AvgIpc) is 2.75. The second-order valence-corrected chi connectivity index (χ2v) is 10.8. The summed E-state index contributed by atoms with van der Waals surface area (Å²) in [6, 6.07) is 6.32. The van der Waals surface area contributed by atoms with Crippen LogP contribution in [-0.4, -0.2) is 36.0 Å². The van der Waals surface area contributed by atoms with Crippen molar-refractivity contribution >= 4 is 17.4 Å². The molecule has 3 aliphatic rings. The van der Waals surface area contributed by atoms with Gasteiger partial charge < -0.3 is 10.1 Å². The first-order valence-electron chi connectivity index (χ1n) is 11.0. The Hall–Kier alpha value is -1.88. The number of ether oxygens (including phenoxy) is 1. The first-order chi connectivity index (χ1) is 13.6. The zero-order chi connectivity index (χ0) is 20.8. The van der Waals surface area contributed by atoms with Crippen molar-refractivity contribution in [1.82, 2.24) is 5.01 Å². The zero-order valence-electron chi connectivity index (χ0n) is 18.5. The Morgan fingerprint density at radius 1 is 1.10 bits per heavy atom. The number of carbonyl (C=O) groups excluding carboxylic acids is 1. The molecule has 5 heteroatoms. The molecule has 0 spiro atoms. The molecule has 0 radical (unpaired) electrons. The van der Waals surface area contributed by atoms with Crippen LogP contribution in [-0.2, 0) is 4.74 Å². The van der Waals surface area contributed by atoms with Gasteiger partial charge >= 0.3 is 6.03 Å². The van der Waals surface area contributed by atoms with Gasteiger partial charge in [0, 0.05) is 24.7 Å². The van der Waals surface area contributed by atoms with Crippen LogP contribution in [0.4, 0.5) is 10.5 Å². The topological polar surface area (TPSA) is 53.9 Å². The minimum absolute atomic E-state index is 0.0996. The quantitative estimate of drug-likeness (QED) is 0.708. The van der Waals surface area contributed by atoms with Crippen molar-refractivity contribution in [2.75, 3.05) is 18.5 Å². The fraction of sp³-hybridized carbons (Fsp3) is 0.667. The highest BCUT2D eigenvalue weighted by Gasteiger charge is 2.43. The van der Waals surface area contributed by atoms with E-state index in [4.69, 9.17) is 9.84 Å². The maximum absolute atomic E-state index is 13.3. The van der Waals surface area contributed by atoms with Crippen molar-refractivity contribution in [2.24, 2.45) is 21.8 Å². The molecule has 1 aromatic carbocycles. The normalized spacial score (nSPS) is 25.1. The summed E-state index contributed by atoms with van der Waals surface area (Å²) < 4.78 is 5.60. The maximum atomic E-state index is 13.3. The van der Waals surface area contributed by atoms with Gasteiger partial charge in [0.05, 0.1) is 17.4 Å². The van der Waals surface area contributed by atoms with Crippen LogP contribution in [0.3, 0.4) is 0 Å². The number of hydrogen-bond acceptors (Lipinski definition) is 3. The van der Waals surface area contributed by atoms with Crippen molar-refractivity contribution < 1.29 is 9.53 Å². The van der Waals surface area contributed by atoms with E-state index in [2.05, 4.69) is 58.1 Å². The number of carbonyl (C=O) groups is 1. The molecule has 158 valence electrons. The van der Waals surface area contributed by atoms with Crippen molar-refractivity contribution in [2.45, 2.75) is 72.8 Å². The predicted octanol–water partition coefficient (Wildman–Crippen LogP) is 5.58. The summed E-state index contributed by atoms with van der Waals surface area (Å²) in [5.41, 5.74) is 4.52. The van der Waals surface area contributed by atoms with Crippen LogP contribution < -0.4 is 5.32 Å². The number of fused-ring (bicyclic) bond motifs is 1. The molecule has 0 atom stereocenters. The number of nitrogens with zero attached hydrogens (tertiary/aromatic N) is 2. The average molecular weight is 398 g/mol. The predicted molar refractivity (Wildman–Crippen MR) is 117 cm³/mol. The molecule has 29 heavy (non-hydrogen) atoms. The van der Waals surface area contributed by atoms with E-state index in [1.54, 1.807) is 5.01 Å². The first-order valence-corrected chi connectivity index (χ1v) is 11.0. The first kappa shape index (κ1) is 20.4. The SMILES string of the molecule is Cc1ccc2c(c1)NC(=O)N(C1CC(C)(C)CC(C)(C)C1)N=C2C1CCOCC1. The highest BCUT2D eigenvalue weighted by molar-refractivity contribution is 6.11. The van der Waals surface area contributed by atoms with Gasteiger partial charge in [-0.25, -0.2) is 9.80 Å². The van der Waals surface area contributed by atoms with Crippen molar-refractivity contribution in [3.63, 3.8) is 0 Å². The fourth-order valence-corrected chi connectivity index (χ4v) is 5.85. The van der Waals surface area contributed by atoms with Crippen LogP contribution in [0.5, 0.6) is 0 Å². The molecule has 4 rings (SSSR count). The van der Waals surface area contributed by atoms with E-state index in [0.717, 1.165) is 61.4 Å². The minimum atomic E-state index is -0.0996. The molecular weight excluding hydrogens is 362 g/mol. The molecule has 1 saturated carbocycles. The molecule has 2 amide bonds. The molecule has 1 N–H and O–H groups in total. The van der Waals surface area contributed by atoms with E-state index in [0.29, 0.717) is 5.92 Å². The van der Waals surface area contributed by atoms with Crippen LogP contribution in [0.2, 0.25) is 0 Å². The van der Waals surface area contributed by atoms with Gasteiger partial charge in [0.2, 0.25) is 0 Å². The van der Waals surface area contributed by atoms with Gasteiger partial charge in [0.1, 0.15) is 0 Å². The summed E-state index contributed by atoms with van der Waals surface area (Å²) in [5, 5.41) is 10.0. The Bertz CT molecular complexity index is 805. The Morgan fingerprint density at radius 2 is 1.76 bits per heavy atom. The molecular formula is C24H35N3O2. The number of nitrogens with one attached hydrogen (secondary N) is 1. The van der Waals surface area contributed by atoms with Gasteiger partial charge in [-0.15, -0.1) is 0 Å². The zero-order valence-corrected chi connectivity index (χ0v) is 18.5. The molecule has 0 unspecified atom stereocenters. The Kier molecular flexibility index (Phi) is 5.22. The number of hydrazone groups is 1. The third-order valence-corrected chi connectivity index (χ3v) is 6.60. The minimum Gasteiger partial charge on any atom is -0.381 e. The standard InChI is InChI=1S/C24H35N3O2/c1-16-6-7-19-20(12-16)25-22(28)27(26-21(19)17-8-10-29-11-9-17)18-13-23(2,3)15-24(4,5)14-18/h6-7,12,17-18H,8-11,13-15H2,1-5H3,(H,25,28). The number of amides is 2. The van der Waals surface area contributed by atoms with E-state index in [1.807, 2.05) is 0 Å². The van der Waals surface area contributed by atoms with Gasteiger partial charge in [-0.1, -0.05) is 39.8 Å². The van der Waals surface area contributed by atoms with E-state index < -0.39 is 0 Å². The molecule has 5 nitrogen and oxygen atoms in total. The fourth-order valence-electron chi connectivity index (χ4n) is 5.85. The van der Waals surface area contributed by atoms with Gasteiger partial charge in [-0.3, -0.25) is 0 Å². The van der Waals surface area contributed by atoms with E-state index >= 15 is 0 Å². The van der Waals surface area contributed by atoms with Crippen molar-refractivity contribution in [3.05, 3.63) is 29.3 Å². The van der Waals surface area contributed by atoms with E-state index in [1.165, 1.54) is 6.42 Å². The number of rotatable bonds is 2. The van der Waals surface area contributed by atoms with E-state index in [-0.39, 0.29) is 22.9 Å². The Balaban J connectivity index is 1.75. The van der Waals surface area contributed by atoms with Crippen LogP contribution in [0.1, 0.15) is 70.9 Å². The third kappa shape index (κ3) is 4.35. The lowest BCUT2D eigenvalue weighted by molar-refractivity contribution is 0.0427. The van der Waals surface area contributed by atoms with Gasteiger partial charge in [0.15, 0.2) is 0 Å². The molecule has 1 aliphatic carbocycles. The lowest BCUT2D eigenvalue weighted by Crippen LogP contribution is -2.47. The number of anilines is 1. The lowest BCUT2D eigenvalue weighted by Gasteiger charge is -2.47. The lowest BCUT2D eigenvalue weighted by atomic mass is 9.63. The molecule has 0 bridgehead atoms. The number of hydrogen-bond donors (Lipinski definition) is 1. The summed E-state index contributed by atoms with van der Waals surface area (Å²) >= 11 is 0. The molecule has 2 fully saturated rings. The van der Waals surface area contributed by atoms with Crippen LogP contribution in [0, 0.1) is 23.7 Å². The molecule has 1 saturated heterocycles. The summed E-state index contributed by atoms with van der Waals surface area (Å²) in [7, 11) is 0. The van der Waals surface area contributed by atoms with E-state index in [9.17, 15) is 4.79 Å². The highest BCUT2D eigenvalue weighted by atomic mass is 16.5. The smallest absolute Gasteiger partial charge is 0.342 e. The maximum Gasteiger partial charge on any atom is 0.342 e. The van der Waals surface area contributed by atoms with Crippen LogP contribution >= 0.6 is 0 Å². The van der Waals surface area contributed by atoms with Gasteiger partial charge in [0.25, 0.3) is 0 Å². The van der Waals surface area contributed by atoms with Gasteiger partial charge in [-0.05, 0) is 61.5 Å². The molecule has 2 aliphatic heterocycles. The molecule has 0 aromatic heterocycles. The summed E-state index contributed by atoms with van der Waals surface area (Å²) in [5.74, 6) is 0.324. The van der Waals surface area contributed by atoms with Crippen molar-refractivity contribution in [1.29, 1.82) is 0 Å². The molecule has 2 heterocycles. The largest absolute Gasteiger partial charge is 0.381 e. The van der Waals surface area contributed by atoms with Crippen LogP contribution in [0.25, 0.3) is 0 Å². The van der Waals surface area contributed by atoms with Crippen LogP contribution in [0.15, 0.2) is 23.3 Å². The highest BCUT2D eigenvalue weighted by Crippen LogP contribution is 2.47. The number of urea groups is 1. The second-order valence-electron chi connectivity index (χ2n) is 10.8. The summed E-state index contributed by atoms with van der Waals surface area (Å²) in [4.78, 5) is 13.3. The number of aryl methyl sites for hydroxylation is 1. The summed E-state index contributed by atoms with van der Waals surface area (Å²) in [6.45, 7) is 12.9. The second kappa shape index (κ2) is 7.42. The summed E-state index contributed by atoms with van der Waals surface area (Å²) in [6.07, 6.45) is 5.03. The monoisotopic (exact) mass is 397 g/mol. The Morgan fingerprint density at radius 3 is 2.41 bits per heavy atom. The third-order valence-electron chi connectivity index (χ3n) is 6.60. The number of benzene rings is 1.